The van der Waals surface area contributed by atoms with Crippen LogP contribution in [0.25, 0.3) is 0 Å². The normalized spacial score (nSPS) is 9.87. The summed E-state index contributed by atoms with van der Waals surface area (Å²) in [6, 6.07) is 18.2. The van der Waals surface area contributed by atoms with E-state index in [4.69, 9.17) is 10.5 Å². The van der Waals surface area contributed by atoms with Crippen LogP contribution in [0.4, 0.5) is 5.69 Å². The second-order valence-electron chi connectivity index (χ2n) is 3.26. The van der Waals surface area contributed by atoms with E-state index in [0.717, 1.165) is 17.0 Å². The summed E-state index contributed by atoms with van der Waals surface area (Å²) in [6.07, 6.45) is 0. The fourth-order valence-electron chi connectivity index (χ4n) is 1.31. The summed E-state index contributed by atoms with van der Waals surface area (Å²) in [7, 11) is 0. The van der Waals surface area contributed by atoms with E-state index in [2.05, 4.69) is 6.07 Å². The lowest BCUT2D eigenvalue weighted by atomic mass is 10.2. The van der Waals surface area contributed by atoms with Gasteiger partial charge in [-0.3, -0.25) is 0 Å². The second kappa shape index (κ2) is 4.51. The van der Waals surface area contributed by atoms with Crippen molar-refractivity contribution in [3.8, 4) is 5.75 Å². The third kappa shape index (κ3) is 2.74. The number of nitrogen functional groups attached to an aromatic ring is 1. The highest BCUT2D eigenvalue weighted by Gasteiger charge is 1.95. The number of benzene rings is 2. The van der Waals surface area contributed by atoms with Crippen molar-refractivity contribution in [3.05, 3.63) is 60.2 Å². The quantitative estimate of drug-likeness (QED) is 0.769. The fraction of sp³-hybridized carbons (Fsp3) is 0.0769. The summed E-state index contributed by atoms with van der Waals surface area (Å²) >= 11 is 0. The molecule has 0 heterocycles. The van der Waals surface area contributed by atoms with Gasteiger partial charge in [0.2, 0.25) is 0 Å². The van der Waals surface area contributed by atoms with Crippen molar-refractivity contribution in [2.24, 2.45) is 0 Å². The predicted octanol–water partition coefficient (Wildman–Crippen LogP) is 2.65. The Bertz CT molecular complexity index is 426. The van der Waals surface area contributed by atoms with Gasteiger partial charge in [-0.2, -0.15) is 0 Å². The average molecular weight is 198 g/mol. The maximum absolute atomic E-state index is 5.66. The summed E-state index contributed by atoms with van der Waals surface area (Å²) in [5, 5.41) is 0. The van der Waals surface area contributed by atoms with Gasteiger partial charge in [0.1, 0.15) is 12.4 Å². The Labute approximate surface area is 89.3 Å². The monoisotopic (exact) mass is 198 g/mol. The van der Waals surface area contributed by atoms with Crippen molar-refractivity contribution in [1.29, 1.82) is 0 Å². The molecule has 0 saturated heterocycles. The average Bonchev–Trinajstić information content (AvgIpc) is 2.28. The zero-order valence-electron chi connectivity index (χ0n) is 8.31. The summed E-state index contributed by atoms with van der Waals surface area (Å²) < 4.78 is 5.54. The molecule has 15 heavy (non-hydrogen) atoms. The van der Waals surface area contributed by atoms with E-state index in [-0.39, 0.29) is 0 Å². The zero-order valence-corrected chi connectivity index (χ0v) is 8.31. The molecule has 0 aromatic heterocycles. The van der Waals surface area contributed by atoms with Crippen molar-refractivity contribution in [3.63, 3.8) is 0 Å². The van der Waals surface area contributed by atoms with Crippen LogP contribution in [0.5, 0.6) is 5.75 Å². The van der Waals surface area contributed by atoms with Crippen LogP contribution in [0.1, 0.15) is 5.56 Å². The molecular weight excluding hydrogens is 186 g/mol. The number of nitrogens with two attached hydrogens (primary N) is 1. The van der Waals surface area contributed by atoms with Crippen LogP contribution in [-0.2, 0) is 6.61 Å². The number of anilines is 1. The second-order valence-corrected chi connectivity index (χ2v) is 3.26. The summed E-state index contributed by atoms with van der Waals surface area (Å²) in [5.41, 5.74) is 7.48. The van der Waals surface area contributed by atoms with Crippen LogP contribution in [0.15, 0.2) is 48.5 Å². The molecule has 2 aromatic rings. The first kappa shape index (κ1) is 9.59. The zero-order chi connectivity index (χ0) is 10.5. The van der Waals surface area contributed by atoms with Gasteiger partial charge in [0.25, 0.3) is 0 Å². The lowest BCUT2D eigenvalue weighted by molar-refractivity contribution is 0.305. The maximum atomic E-state index is 5.66. The third-order valence-corrected chi connectivity index (χ3v) is 2.03. The molecule has 0 atom stereocenters. The SMILES string of the molecule is Nc1cccc(COc2[c]cccc2)c1. The van der Waals surface area contributed by atoms with Crippen molar-refractivity contribution in [1.82, 2.24) is 0 Å². The summed E-state index contributed by atoms with van der Waals surface area (Å²) in [4.78, 5) is 0. The van der Waals surface area contributed by atoms with Gasteiger partial charge in [-0.05, 0) is 23.8 Å². The standard InChI is InChI=1S/C13H12NO/c14-12-6-4-5-11(9-12)10-15-13-7-2-1-3-8-13/h1-7,9H,10,14H2. The van der Waals surface area contributed by atoms with Crippen LogP contribution >= 0.6 is 0 Å². The molecule has 0 aliphatic rings. The van der Waals surface area contributed by atoms with Crippen LogP contribution in [0.2, 0.25) is 0 Å². The molecule has 1 radical (unpaired) electrons. The van der Waals surface area contributed by atoms with Crippen molar-refractivity contribution >= 4 is 5.69 Å². The molecule has 75 valence electrons. The topological polar surface area (TPSA) is 35.2 Å². The number of ether oxygens (including phenoxy) is 1. The molecule has 0 bridgehead atoms. The van der Waals surface area contributed by atoms with E-state index >= 15 is 0 Å². The Morgan fingerprint density at radius 3 is 2.80 bits per heavy atom. The van der Waals surface area contributed by atoms with Gasteiger partial charge in [-0.1, -0.05) is 30.3 Å². The first-order valence-corrected chi connectivity index (χ1v) is 4.78. The first-order chi connectivity index (χ1) is 7.34. The highest BCUT2D eigenvalue weighted by Crippen LogP contribution is 2.12. The Hall–Kier alpha value is -1.96. The molecule has 0 saturated carbocycles. The molecule has 0 aliphatic carbocycles. The third-order valence-electron chi connectivity index (χ3n) is 2.03. The molecule has 0 spiro atoms. The molecule has 2 aromatic carbocycles. The van der Waals surface area contributed by atoms with Gasteiger partial charge in [0.05, 0.1) is 0 Å². The maximum Gasteiger partial charge on any atom is 0.127 e. The molecule has 0 aliphatic heterocycles. The lowest BCUT2D eigenvalue weighted by Crippen LogP contribution is -1.96. The minimum absolute atomic E-state index is 0.519. The van der Waals surface area contributed by atoms with Crippen LogP contribution < -0.4 is 10.5 Å². The number of para-hydroxylation sites is 1. The molecule has 0 amide bonds. The molecule has 2 rings (SSSR count). The number of hydrogen-bond acceptors (Lipinski definition) is 2. The Morgan fingerprint density at radius 1 is 1.13 bits per heavy atom. The van der Waals surface area contributed by atoms with E-state index in [1.54, 1.807) is 0 Å². The van der Waals surface area contributed by atoms with Gasteiger partial charge in [-0.15, -0.1) is 0 Å². The van der Waals surface area contributed by atoms with Crippen molar-refractivity contribution in [2.45, 2.75) is 6.61 Å². The first-order valence-electron chi connectivity index (χ1n) is 4.78. The smallest absolute Gasteiger partial charge is 0.127 e. The molecule has 2 nitrogen and oxygen atoms in total. The largest absolute Gasteiger partial charge is 0.488 e. The predicted molar refractivity (Wildman–Crippen MR) is 60.5 cm³/mol. The van der Waals surface area contributed by atoms with E-state index in [1.807, 2.05) is 48.5 Å². The van der Waals surface area contributed by atoms with Gasteiger partial charge in [-0.25, -0.2) is 0 Å². The van der Waals surface area contributed by atoms with E-state index in [1.165, 1.54) is 0 Å². The van der Waals surface area contributed by atoms with Crippen LogP contribution in [0.3, 0.4) is 0 Å². The number of rotatable bonds is 3. The van der Waals surface area contributed by atoms with Gasteiger partial charge >= 0.3 is 0 Å². The Morgan fingerprint density at radius 2 is 2.07 bits per heavy atom. The summed E-state index contributed by atoms with van der Waals surface area (Å²) in [6.45, 7) is 0.519. The minimum atomic E-state index is 0.519. The highest BCUT2D eigenvalue weighted by atomic mass is 16.5. The Balaban J connectivity index is 1.99. The van der Waals surface area contributed by atoms with Crippen LogP contribution in [0, 0.1) is 6.07 Å². The van der Waals surface area contributed by atoms with Gasteiger partial charge in [0, 0.05) is 11.8 Å². The lowest BCUT2D eigenvalue weighted by Gasteiger charge is -2.05. The minimum Gasteiger partial charge on any atom is -0.488 e. The van der Waals surface area contributed by atoms with Crippen LogP contribution in [-0.4, -0.2) is 0 Å². The highest BCUT2D eigenvalue weighted by molar-refractivity contribution is 5.40. The molecule has 0 fully saturated rings. The fourth-order valence-corrected chi connectivity index (χ4v) is 1.31. The molecule has 2 N–H and O–H groups in total. The molecule has 2 heteroatoms. The summed E-state index contributed by atoms with van der Waals surface area (Å²) in [5.74, 6) is 0.750. The van der Waals surface area contributed by atoms with E-state index < -0.39 is 0 Å². The Kier molecular flexibility index (Phi) is 2.88. The van der Waals surface area contributed by atoms with Crippen molar-refractivity contribution in [2.75, 3.05) is 5.73 Å². The number of hydrogen-bond donors (Lipinski definition) is 1. The van der Waals surface area contributed by atoms with Gasteiger partial charge < -0.3 is 10.5 Å². The molecule has 0 unspecified atom stereocenters. The van der Waals surface area contributed by atoms with Crippen molar-refractivity contribution < 1.29 is 4.74 Å². The van der Waals surface area contributed by atoms with E-state index in [0.29, 0.717) is 6.61 Å². The van der Waals surface area contributed by atoms with E-state index in [9.17, 15) is 0 Å². The van der Waals surface area contributed by atoms with Gasteiger partial charge in [0.15, 0.2) is 0 Å². The molecular formula is C13H12NO.